The summed E-state index contributed by atoms with van der Waals surface area (Å²) in [6, 6.07) is 3.52. The number of hydrogen-bond donors (Lipinski definition) is 0. The SMILES string of the molecule is CC(C)(c1ccc(Cl)nn1)N1CCCC1=O. The molecule has 0 aromatic carbocycles. The van der Waals surface area contributed by atoms with Crippen LogP contribution in [0.25, 0.3) is 0 Å². The quantitative estimate of drug-likeness (QED) is 0.793. The summed E-state index contributed by atoms with van der Waals surface area (Å²) in [4.78, 5) is 13.6. The highest BCUT2D eigenvalue weighted by Gasteiger charge is 2.36. The fourth-order valence-electron chi connectivity index (χ4n) is 2.02. The number of carbonyl (C=O) groups excluding carboxylic acids is 1. The minimum Gasteiger partial charge on any atom is -0.332 e. The minimum atomic E-state index is -0.412. The molecule has 1 aromatic rings. The average Bonchev–Trinajstić information content (AvgIpc) is 2.66. The summed E-state index contributed by atoms with van der Waals surface area (Å²) in [5.41, 5.74) is 0.359. The Morgan fingerprint density at radius 1 is 1.38 bits per heavy atom. The third-order valence-corrected chi connectivity index (χ3v) is 3.21. The summed E-state index contributed by atoms with van der Waals surface area (Å²) >= 11 is 5.70. The van der Waals surface area contributed by atoms with Crippen LogP contribution in [0.5, 0.6) is 0 Å². The molecule has 1 fully saturated rings. The molecule has 16 heavy (non-hydrogen) atoms. The molecule has 1 aliphatic heterocycles. The third kappa shape index (κ3) is 1.89. The maximum atomic E-state index is 11.7. The van der Waals surface area contributed by atoms with Gasteiger partial charge in [0.1, 0.15) is 0 Å². The van der Waals surface area contributed by atoms with Crippen LogP contribution in [0.1, 0.15) is 32.4 Å². The van der Waals surface area contributed by atoms with Crippen LogP contribution < -0.4 is 0 Å². The Hall–Kier alpha value is -1.16. The highest BCUT2D eigenvalue weighted by Crippen LogP contribution is 2.30. The van der Waals surface area contributed by atoms with E-state index in [1.54, 1.807) is 6.07 Å². The van der Waals surface area contributed by atoms with Gasteiger partial charge in [0.05, 0.1) is 11.2 Å². The Kier molecular flexibility index (Phi) is 2.84. The summed E-state index contributed by atoms with van der Waals surface area (Å²) in [7, 11) is 0. The lowest BCUT2D eigenvalue weighted by Gasteiger charge is -2.34. The molecule has 0 unspecified atom stereocenters. The van der Waals surface area contributed by atoms with Gasteiger partial charge in [-0.25, -0.2) is 0 Å². The fourth-order valence-corrected chi connectivity index (χ4v) is 2.12. The van der Waals surface area contributed by atoms with E-state index in [1.165, 1.54) is 0 Å². The van der Waals surface area contributed by atoms with Crippen LogP contribution in [0.2, 0.25) is 5.15 Å². The second-order valence-electron chi connectivity index (χ2n) is 4.45. The van der Waals surface area contributed by atoms with Crippen LogP contribution >= 0.6 is 11.6 Å². The van der Waals surface area contributed by atoms with Crippen molar-refractivity contribution in [3.63, 3.8) is 0 Å². The van der Waals surface area contributed by atoms with Crippen LogP contribution in [0.3, 0.4) is 0 Å². The van der Waals surface area contributed by atoms with Crippen molar-refractivity contribution < 1.29 is 4.79 Å². The number of amides is 1. The van der Waals surface area contributed by atoms with Gasteiger partial charge in [-0.3, -0.25) is 4.79 Å². The van der Waals surface area contributed by atoms with E-state index in [4.69, 9.17) is 11.6 Å². The topological polar surface area (TPSA) is 46.1 Å². The lowest BCUT2D eigenvalue weighted by atomic mass is 9.98. The first kappa shape index (κ1) is 11.3. The van der Waals surface area contributed by atoms with E-state index < -0.39 is 5.54 Å². The number of nitrogens with zero attached hydrogens (tertiary/aromatic N) is 3. The van der Waals surface area contributed by atoms with Gasteiger partial charge in [-0.1, -0.05) is 11.6 Å². The highest BCUT2D eigenvalue weighted by atomic mass is 35.5. The van der Waals surface area contributed by atoms with Crippen molar-refractivity contribution in [1.82, 2.24) is 15.1 Å². The van der Waals surface area contributed by atoms with Crippen LogP contribution in [-0.2, 0) is 10.3 Å². The monoisotopic (exact) mass is 239 g/mol. The molecule has 0 radical (unpaired) electrons. The third-order valence-electron chi connectivity index (χ3n) is 3.01. The molecule has 1 aliphatic rings. The van der Waals surface area contributed by atoms with Crippen molar-refractivity contribution in [2.45, 2.75) is 32.2 Å². The number of hydrogen-bond acceptors (Lipinski definition) is 3. The lowest BCUT2D eigenvalue weighted by Crippen LogP contribution is -2.42. The van der Waals surface area contributed by atoms with E-state index in [1.807, 2.05) is 24.8 Å². The zero-order valence-corrected chi connectivity index (χ0v) is 10.2. The molecule has 1 amide bonds. The number of likely N-dealkylation sites (tertiary alicyclic amines) is 1. The predicted molar refractivity (Wildman–Crippen MR) is 61.0 cm³/mol. The predicted octanol–water partition coefficient (Wildman–Crippen LogP) is 1.99. The normalized spacial score (nSPS) is 16.9. The van der Waals surface area contributed by atoms with E-state index in [0.29, 0.717) is 11.6 Å². The summed E-state index contributed by atoms with van der Waals surface area (Å²) in [5.74, 6) is 0.182. The summed E-state index contributed by atoms with van der Waals surface area (Å²) in [6.45, 7) is 4.75. The van der Waals surface area contributed by atoms with E-state index in [-0.39, 0.29) is 5.91 Å². The van der Waals surface area contributed by atoms with Gasteiger partial charge >= 0.3 is 0 Å². The molecule has 1 aromatic heterocycles. The Balaban J connectivity index is 2.30. The number of aromatic nitrogens is 2. The molecule has 5 heteroatoms. The van der Waals surface area contributed by atoms with E-state index in [9.17, 15) is 4.79 Å². The summed E-state index contributed by atoms with van der Waals surface area (Å²) < 4.78 is 0. The molecule has 86 valence electrons. The van der Waals surface area contributed by atoms with Gasteiger partial charge in [0, 0.05) is 13.0 Å². The van der Waals surface area contributed by atoms with Crippen molar-refractivity contribution >= 4 is 17.5 Å². The number of carbonyl (C=O) groups is 1. The van der Waals surface area contributed by atoms with Gasteiger partial charge < -0.3 is 4.90 Å². The van der Waals surface area contributed by atoms with Crippen molar-refractivity contribution in [1.29, 1.82) is 0 Å². The zero-order valence-electron chi connectivity index (χ0n) is 9.40. The lowest BCUT2D eigenvalue weighted by molar-refractivity contribution is -0.132. The van der Waals surface area contributed by atoms with E-state index >= 15 is 0 Å². The van der Waals surface area contributed by atoms with Gasteiger partial charge in [0.25, 0.3) is 0 Å². The van der Waals surface area contributed by atoms with Crippen molar-refractivity contribution in [2.24, 2.45) is 0 Å². The standard InChI is InChI=1S/C11H14ClN3O/c1-11(2,15-7-3-4-10(15)16)8-5-6-9(12)14-13-8/h5-6H,3-4,7H2,1-2H3. The molecule has 0 atom stereocenters. The molecule has 0 aliphatic carbocycles. The molecule has 2 rings (SSSR count). The average molecular weight is 240 g/mol. The van der Waals surface area contributed by atoms with Crippen molar-refractivity contribution in [3.05, 3.63) is 23.0 Å². The van der Waals surface area contributed by atoms with E-state index in [0.717, 1.165) is 18.7 Å². The van der Waals surface area contributed by atoms with Gasteiger partial charge in [0.15, 0.2) is 5.15 Å². The largest absolute Gasteiger partial charge is 0.332 e. The maximum Gasteiger partial charge on any atom is 0.223 e. The van der Waals surface area contributed by atoms with E-state index in [2.05, 4.69) is 10.2 Å². The molecular weight excluding hydrogens is 226 g/mol. The van der Waals surface area contributed by atoms with Crippen LogP contribution in [0.15, 0.2) is 12.1 Å². The van der Waals surface area contributed by atoms with Crippen LogP contribution in [0, 0.1) is 0 Å². The first-order valence-electron chi connectivity index (χ1n) is 5.32. The van der Waals surface area contributed by atoms with Gasteiger partial charge in [0.2, 0.25) is 5.91 Å². The highest BCUT2D eigenvalue weighted by molar-refractivity contribution is 6.29. The Labute approximate surface area is 99.6 Å². The summed E-state index contributed by atoms with van der Waals surface area (Å²) in [6.07, 6.45) is 1.55. The van der Waals surface area contributed by atoms with Gasteiger partial charge in [-0.2, -0.15) is 5.10 Å². The van der Waals surface area contributed by atoms with Gasteiger partial charge in [-0.05, 0) is 32.4 Å². The molecule has 1 saturated heterocycles. The molecule has 2 heterocycles. The first-order valence-corrected chi connectivity index (χ1v) is 5.70. The van der Waals surface area contributed by atoms with Crippen molar-refractivity contribution in [2.75, 3.05) is 6.54 Å². The van der Waals surface area contributed by atoms with Crippen molar-refractivity contribution in [3.8, 4) is 0 Å². The second kappa shape index (κ2) is 4.01. The first-order chi connectivity index (χ1) is 7.51. The maximum absolute atomic E-state index is 11.7. The second-order valence-corrected chi connectivity index (χ2v) is 4.84. The molecule has 0 spiro atoms. The minimum absolute atomic E-state index is 0.182. The van der Waals surface area contributed by atoms with Crippen LogP contribution in [0.4, 0.5) is 0 Å². The molecule has 0 saturated carbocycles. The summed E-state index contributed by atoms with van der Waals surface area (Å²) in [5, 5.41) is 8.24. The Morgan fingerprint density at radius 2 is 2.12 bits per heavy atom. The molecular formula is C11H14ClN3O. The Bertz CT molecular complexity index is 402. The fraction of sp³-hybridized carbons (Fsp3) is 0.545. The molecule has 0 N–H and O–H groups in total. The smallest absolute Gasteiger partial charge is 0.223 e. The zero-order chi connectivity index (χ0) is 11.8. The number of halogens is 1. The van der Waals surface area contributed by atoms with Gasteiger partial charge in [-0.15, -0.1) is 5.10 Å². The Morgan fingerprint density at radius 3 is 2.62 bits per heavy atom. The molecule has 0 bridgehead atoms. The molecule has 4 nitrogen and oxygen atoms in total. The number of rotatable bonds is 2. The van der Waals surface area contributed by atoms with Crippen LogP contribution in [-0.4, -0.2) is 27.5 Å².